The van der Waals surface area contributed by atoms with Gasteiger partial charge in [-0.15, -0.1) is 19.7 Å². The third-order valence-electron chi connectivity index (χ3n) is 22.0. The number of nitrogens with two attached hydrogens (primary N) is 4. The lowest BCUT2D eigenvalue weighted by molar-refractivity contribution is -0.0536. The van der Waals surface area contributed by atoms with Gasteiger partial charge in [-0.1, -0.05) is 173 Å². The van der Waals surface area contributed by atoms with Crippen molar-refractivity contribution >= 4 is 163 Å². The van der Waals surface area contributed by atoms with Gasteiger partial charge in [-0.05, 0) is 59.4 Å². The number of imidazole rings is 4. The number of nitriles is 1. The number of hydrogen-bond donors (Lipinski definition) is 9. The molecular formula is C77H128BrCl4N21O14Si4. The van der Waals surface area contributed by atoms with Gasteiger partial charge in [-0.25, -0.2) is 19.9 Å². The lowest BCUT2D eigenvalue weighted by Gasteiger charge is -2.37. The van der Waals surface area contributed by atoms with Crippen LogP contribution in [0.3, 0.4) is 0 Å². The zero-order valence-electron chi connectivity index (χ0n) is 72.5. The summed E-state index contributed by atoms with van der Waals surface area (Å²) in [5, 5.41) is 46.9. The highest BCUT2D eigenvalue weighted by Crippen LogP contribution is 2.44. The third-order valence-corrected chi connectivity index (χ3v) is 42.1. The second-order valence-electron chi connectivity index (χ2n) is 35.0. The number of nitrogens with zero attached hydrogens (tertiary/aromatic N) is 16. The molecule has 12 heterocycles. The van der Waals surface area contributed by atoms with Crippen molar-refractivity contribution in [2.75, 3.05) is 74.5 Å². The predicted octanol–water partition coefficient (Wildman–Crippen LogP) is 14.3. The first-order valence-electron chi connectivity index (χ1n) is 39.2. The minimum Gasteiger partial charge on any atom is -0.414 e. The summed E-state index contributed by atoms with van der Waals surface area (Å²) in [6.07, 6.45) is 9.05. The molecule has 121 heavy (non-hydrogen) atoms. The van der Waals surface area contributed by atoms with E-state index >= 15 is 0 Å². The highest BCUT2D eigenvalue weighted by molar-refractivity contribution is 9.09. The molecule has 4 aliphatic rings. The maximum atomic E-state index is 12.1. The average Bonchev–Trinajstić information content (AvgIpc) is 1.64. The molecule has 35 nitrogen and oxygen atoms in total. The second kappa shape index (κ2) is 44.9. The Morgan fingerprint density at radius 1 is 0.529 bits per heavy atom. The molecule has 8 aromatic rings. The summed E-state index contributed by atoms with van der Waals surface area (Å²) >= 11 is 27.4. The van der Waals surface area contributed by atoms with E-state index < -0.39 is 69.2 Å². The number of ether oxygens (including phenoxy) is 6. The van der Waals surface area contributed by atoms with E-state index in [1.54, 1.807) is 57.0 Å². The van der Waals surface area contributed by atoms with Crippen molar-refractivity contribution in [2.45, 2.75) is 269 Å². The highest BCUT2D eigenvalue weighted by atomic mass is 79.9. The summed E-state index contributed by atoms with van der Waals surface area (Å²) < 4.78 is 62.0. The molecule has 0 amide bonds. The van der Waals surface area contributed by atoms with Crippen molar-refractivity contribution in [3.05, 3.63) is 89.1 Å². The molecule has 4 aliphatic heterocycles. The maximum Gasteiger partial charge on any atom is 0.280 e. The van der Waals surface area contributed by atoms with E-state index in [0.29, 0.717) is 103 Å². The zero-order chi connectivity index (χ0) is 90.2. The number of anilines is 4. The molecule has 0 radical (unpaired) electrons. The lowest BCUT2D eigenvalue weighted by Crippen LogP contribution is -2.44. The summed E-state index contributed by atoms with van der Waals surface area (Å²) in [6.45, 7) is 56.8. The molecular weight excluding hydrogens is 1780 g/mol. The average molecular weight is 1910 g/mol. The van der Waals surface area contributed by atoms with Crippen LogP contribution in [0.4, 0.5) is 23.8 Å². The lowest BCUT2D eigenvalue weighted by atomic mass is 10.2. The van der Waals surface area contributed by atoms with Gasteiger partial charge in [0.25, 0.3) is 5.56 Å². The van der Waals surface area contributed by atoms with Gasteiger partial charge in [0.2, 0.25) is 23.8 Å². The molecule has 4 unspecified atom stereocenters. The number of aromatic amines is 1. The Morgan fingerprint density at radius 3 is 1.11 bits per heavy atom. The van der Waals surface area contributed by atoms with Gasteiger partial charge in [-0.3, -0.25) is 28.0 Å². The van der Waals surface area contributed by atoms with Crippen molar-refractivity contribution in [1.29, 1.82) is 5.26 Å². The standard InChI is InChI=1S/C19H30ClN5O3Si.C19H31N5O4Si.C16H26ClN5O3Si.C10H12ClN5O3.C6H15ClSi.C3H5Br.C3H5NO.CH4/c1-7-8-26-12-9-14(28-13(12)10-27-29(5,6)19(2,3)4)25-11-22-15-16(20)23-18(21)24-17(15)25;1-7-8-26-12-9-14(28-13(12)10-27-29(5,6)19(2,3)4)24-11-21-15-16(24)22-18(20)23-17(15)25;1-16(2,3)26(4,5)24-7-10-9(23)6-11(25-10)22-8-19-12-13(17)20-15(18)21-14(12)22;11-8-7-9(15-10(12)14-8)16(3-13-7)6-1-4(18)5(2-17)19-6;1-6(2,3)8(4,5)7;1-2-3-4;4-2-1-3-5;/h7,11-14H,1,8-10H2,2-6H3,(H2,21,23,24);7,11-14H,1,8-10H2,2-6H3,(H3,20,22,23,25);8-11,23H,6-7H2,1-5H3,(H2,18,20,21);3-6,17-18H,1-2H2,(H2,12,14,15);1-5H3;2H,1,3H2;5H,1,3H2;1H4/t2*12?,13-,14-;9?,10-,11-;4?,5-,6-;;;;/m1111..../s1. The summed E-state index contributed by atoms with van der Waals surface area (Å²) in [6, 6.07) is 1.77. The molecule has 0 spiro atoms. The minimum atomic E-state index is -1.93. The van der Waals surface area contributed by atoms with Gasteiger partial charge in [0.15, 0.2) is 75.9 Å². The number of allylic oxidation sites excluding steroid dienone is 1. The normalized spacial score (nSPS) is 22.0. The van der Waals surface area contributed by atoms with Gasteiger partial charge < -0.3 is 85.1 Å². The number of nitrogen functional groups attached to an aromatic ring is 4. The molecule has 12 atom stereocenters. The highest BCUT2D eigenvalue weighted by Gasteiger charge is 2.46. The Bertz CT molecular complexity index is 4760. The minimum absolute atomic E-state index is 0. The predicted molar refractivity (Wildman–Crippen MR) is 490 cm³/mol. The molecule has 13 N–H and O–H groups in total. The van der Waals surface area contributed by atoms with Crippen LogP contribution < -0.4 is 28.5 Å². The Labute approximate surface area is 741 Å². The zero-order valence-corrected chi connectivity index (χ0v) is 81.1. The van der Waals surface area contributed by atoms with Crippen LogP contribution >= 0.6 is 61.8 Å². The van der Waals surface area contributed by atoms with Crippen LogP contribution in [0.1, 0.15) is 148 Å². The summed E-state index contributed by atoms with van der Waals surface area (Å²) in [4.78, 5) is 59.8. The van der Waals surface area contributed by atoms with Crippen LogP contribution in [0.2, 0.25) is 88.0 Å². The number of nitrogens with one attached hydrogen (secondary N) is 1. The fraction of sp³-hybridized carbons (Fsp3) is 0.649. The molecule has 0 saturated carbocycles. The fourth-order valence-electron chi connectivity index (χ4n) is 10.9. The summed E-state index contributed by atoms with van der Waals surface area (Å²) in [5.74, 6) is 0.246. The number of alkyl halides is 1. The molecule has 676 valence electrons. The summed E-state index contributed by atoms with van der Waals surface area (Å²) in [5.41, 5.74) is 25.8. The number of aromatic nitrogens is 16. The van der Waals surface area contributed by atoms with Crippen molar-refractivity contribution in [2.24, 2.45) is 0 Å². The quantitative estimate of drug-likeness (QED) is 0.0100. The van der Waals surface area contributed by atoms with E-state index in [1.807, 2.05) is 4.57 Å². The van der Waals surface area contributed by atoms with Crippen LogP contribution in [-0.4, -0.2) is 231 Å². The first-order valence-corrected chi connectivity index (χ1v) is 54.2. The van der Waals surface area contributed by atoms with Gasteiger partial charge in [-0.2, -0.15) is 51.2 Å². The smallest absolute Gasteiger partial charge is 0.280 e. The topological polar surface area (TPSA) is 486 Å². The van der Waals surface area contributed by atoms with E-state index in [1.165, 1.54) is 6.33 Å². The van der Waals surface area contributed by atoms with Crippen molar-refractivity contribution in [3.63, 3.8) is 0 Å². The Balaban J connectivity index is 0.000000270. The van der Waals surface area contributed by atoms with Crippen molar-refractivity contribution in [1.82, 2.24) is 78.1 Å². The van der Waals surface area contributed by atoms with Gasteiger partial charge in [0, 0.05) is 31.0 Å². The van der Waals surface area contributed by atoms with Crippen LogP contribution in [0.15, 0.2) is 68.1 Å². The Kier molecular flexibility index (Phi) is 39.1. The van der Waals surface area contributed by atoms with Crippen molar-refractivity contribution < 1.29 is 62.1 Å². The van der Waals surface area contributed by atoms with Crippen LogP contribution in [0.5, 0.6) is 0 Å². The fourth-order valence-corrected chi connectivity index (χ4v) is 14.6. The molecule has 0 aromatic carbocycles. The number of rotatable bonds is 22. The molecule has 44 heteroatoms. The van der Waals surface area contributed by atoms with Crippen LogP contribution in [0.25, 0.3) is 44.7 Å². The number of halogens is 5. The van der Waals surface area contributed by atoms with E-state index in [4.69, 9.17) is 126 Å². The summed E-state index contributed by atoms with van der Waals surface area (Å²) in [7, 11) is -7.14. The van der Waals surface area contributed by atoms with Gasteiger partial charge >= 0.3 is 0 Å². The number of hydrogen-bond acceptors (Lipinski definition) is 30. The van der Waals surface area contributed by atoms with Crippen LogP contribution in [-0.2, 0) is 41.7 Å². The Morgan fingerprint density at radius 2 is 0.826 bits per heavy atom. The second-order valence-corrected chi connectivity index (χ2v) is 58.4. The largest absolute Gasteiger partial charge is 0.414 e. The monoisotopic (exact) mass is 1900 g/mol. The molecule has 0 aliphatic carbocycles. The number of aliphatic hydroxyl groups excluding tert-OH is 4. The first-order chi connectivity index (χ1) is 55.7. The van der Waals surface area contributed by atoms with Crippen molar-refractivity contribution in [3.8, 4) is 6.07 Å². The third kappa shape index (κ3) is 28.2. The molecule has 4 saturated heterocycles. The van der Waals surface area contributed by atoms with E-state index in [-0.39, 0.29) is 129 Å². The number of H-pyrrole nitrogens is 1. The van der Waals surface area contributed by atoms with Crippen LogP contribution in [0, 0.1) is 11.3 Å². The molecule has 4 fully saturated rings. The van der Waals surface area contributed by atoms with Gasteiger partial charge in [0.1, 0.15) is 65.9 Å². The van der Waals surface area contributed by atoms with E-state index in [9.17, 15) is 15.0 Å². The Hall–Kier alpha value is -6.10. The van der Waals surface area contributed by atoms with E-state index in [0.717, 1.165) is 5.33 Å². The number of fused-ring (bicyclic) bond motifs is 4. The first kappa shape index (κ1) is 105. The molecule has 12 rings (SSSR count). The maximum absolute atomic E-state index is 12.1. The number of aliphatic hydroxyl groups is 4. The molecule has 8 aromatic heterocycles. The van der Waals surface area contributed by atoms with Gasteiger partial charge in [0.05, 0.1) is 108 Å². The molecule has 0 bridgehead atoms. The SMILES string of the molecule is C.C=CCBr.C=CCOC1C[C@H](n2cnc3c(=O)[nH]c(N)nc32)O[C@@H]1CO[Si](C)(C)C(C)(C)C.C=CCOC1C[C@H](n2cnc3c(Cl)nc(N)nc32)O[C@@H]1CO[Si](C)(C)C(C)(C)C.CC(C)(C)[Si](C)(C)Cl.CC(C)(C)[Si](C)(C)OC[C@H]1O[C@@H](n2cnc3c(Cl)nc(N)nc32)CC1O.N#CCCO.Nc1nc(Cl)c2ncn([C@H]3CC(O)[C@@H](CO)O3)c2n1. The van der Waals surface area contributed by atoms with E-state index in [2.05, 4.69) is 231 Å².